The van der Waals surface area contributed by atoms with Gasteiger partial charge < -0.3 is 20.8 Å². The lowest BCUT2D eigenvalue weighted by Gasteiger charge is -2.16. The molecule has 0 unspecified atom stereocenters. The van der Waals surface area contributed by atoms with Crippen molar-refractivity contribution in [3.8, 4) is 22.5 Å². The molecule has 0 bridgehead atoms. The fraction of sp³-hybridized carbons (Fsp3) is 0.235. The summed E-state index contributed by atoms with van der Waals surface area (Å²) in [7, 11) is 0. The van der Waals surface area contributed by atoms with Crippen molar-refractivity contribution >= 4 is 21.8 Å². The van der Waals surface area contributed by atoms with Crippen LogP contribution < -0.4 is 10.6 Å². The van der Waals surface area contributed by atoms with E-state index < -0.39 is 0 Å². The average molecular weight is 561 g/mol. The molecule has 0 spiro atoms. The Morgan fingerprint density at radius 3 is 1.50 bits per heavy atom. The minimum atomic E-state index is 0.124. The predicted molar refractivity (Wildman–Crippen MR) is 168 cm³/mol. The summed E-state index contributed by atoms with van der Waals surface area (Å²) in [6.45, 7) is 7.09. The SMILES string of the molecule is Cc1c(-c2cccc(-n3cc4ccc(CNCCO)cc4n3)c2C)cccc1-n1cc2ccc(CNCCO)cc2n1. The summed E-state index contributed by atoms with van der Waals surface area (Å²) >= 11 is 0. The van der Waals surface area contributed by atoms with Crippen molar-refractivity contribution < 1.29 is 10.2 Å². The first-order valence-corrected chi connectivity index (χ1v) is 14.4. The topological polar surface area (TPSA) is 100 Å². The number of fused-ring (bicyclic) bond motifs is 2. The molecule has 6 aromatic rings. The monoisotopic (exact) mass is 560 g/mol. The van der Waals surface area contributed by atoms with Gasteiger partial charge in [0.15, 0.2) is 0 Å². The van der Waals surface area contributed by atoms with Gasteiger partial charge in [-0.3, -0.25) is 0 Å². The Morgan fingerprint density at radius 1 is 0.619 bits per heavy atom. The molecular formula is C34H36N6O2. The van der Waals surface area contributed by atoms with Gasteiger partial charge >= 0.3 is 0 Å². The molecule has 42 heavy (non-hydrogen) atoms. The molecule has 0 amide bonds. The molecule has 214 valence electrons. The normalized spacial score (nSPS) is 11.6. The molecule has 0 saturated heterocycles. The summed E-state index contributed by atoms with van der Waals surface area (Å²) in [5.74, 6) is 0. The minimum absolute atomic E-state index is 0.124. The molecule has 0 saturated carbocycles. The van der Waals surface area contributed by atoms with Crippen LogP contribution in [0.1, 0.15) is 22.3 Å². The van der Waals surface area contributed by atoms with Gasteiger partial charge in [0, 0.05) is 49.3 Å². The number of rotatable bonds is 11. The molecular weight excluding hydrogens is 524 g/mol. The lowest BCUT2D eigenvalue weighted by atomic mass is 9.94. The lowest BCUT2D eigenvalue weighted by molar-refractivity contribution is 0.291. The van der Waals surface area contributed by atoms with Crippen molar-refractivity contribution in [2.45, 2.75) is 26.9 Å². The van der Waals surface area contributed by atoms with Crippen LogP contribution in [-0.2, 0) is 13.1 Å². The summed E-state index contributed by atoms with van der Waals surface area (Å²) < 4.78 is 3.95. The highest BCUT2D eigenvalue weighted by molar-refractivity contribution is 5.82. The highest BCUT2D eigenvalue weighted by Gasteiger charge is 2.15. The van der Waals surface area contributed by atoms with Crippen LogP contribution in [0.2, 0.25) is 0 Å². The maximum absolute atomic E-state index is 9.05. The summed E-state index contributed by atoms with van der Waals surface area (Å²) in [4.78, 5) is 0. The van der Waals surface area contributed by atoms with Gasteiger partial charge in [-0.25, -0.2) is 9.36 Å². The zero-order chi connectivity index (χ0) is 29.1. The number of nitrogens with one attached hydrogen (secondary N) is 2. The fourth-order valence-electron chi connectivity index (χ4n) is 5.54. The van der Waals surface area contributed by atoms with E-state index in [-0.39, 0.29) is 13.2 Å². The number of hydrogen-bond acceptors (Lipinski definition) is 6. The fourth-order valence-corrected chi connectivity index (χ4v) is 5.54. The third-order valence-corrected chi connectivity index (χ3v) is 7.77. The molecule has 6 rings (SSSR count). The summed E-state index contributed by atoms with van der Waals surface area (Å²) in [6.07, 6.45) is 4.16. The van der Waals surface area contributed by atoms with E-state index >= 15 is 0 Å². The second-order valence-electron chi connectivity index (χ2n) is 10.6. The van der Waals surface area contributed by atoms with Crippen molar-refractivity contribution in [2.24, 2.45) is 0 Å². The molecule has 0 fully saturated rings. The molecule has 2 heterocycles. The van der Waals surface area contributed by atoms with E-state index in [0.29, 0.717) is 26.2 Å². The van der Waals surface area contributed by atoms with Crippen LogP contribution in [0.5, 0.6) is 0 Å². The van der Waals surface area contributed by atoms with Crippen molar-refractivity contribution in [3.63, 3.8) is 0 Å². The highest BCUT2D eigenvalue weighted by atomic mass is 16.3. The van der Waals surface area contributed by atoms with Gasteiger partial charge in [0.1, 0.15) is 0 Å². The van der Waals surface area contributed by atoms with Crippen molar-refractivity contribution in [1.29, 1.82) is 0 Å². The first kappa shape index (κ1) is 27.8. The first-order chi connectivity index (χ1) is 20.6. The smallest absolute Gasteiger partial charge is 0.0930 e. The minimum Gasteiger partial charge on any atom is -0.395 e. The molecule has 8 heteroatoms. The van der Waals surface area contributed by atoms with E-state index in [1.54, 1.807) is 0 Å². The Kier molecular flexibility index (Phi) is 8.12. The van der Waals surface area contributed by atoms with E-state index in [1.165, 1.54) is 0 Å². The third-order valence-electron chi connectivity index (χ3n) is 7.77. The zero-order valence-electron chi connectivity index (χ0n) is 24.0. The standard InChI is InChI=1S/C34H36N6O2/c1-23-29(5-3-7-33(23)39-21-27-11-9-25(17-31(27)37-39)19-35-13-15-41)30-6-4-8-34(24(30)2)40-22-28-12-10-26(18-32(28)38-40)20-36-14-16-42/h3-12,17-18,21-22,35-36,41-42H,13-16,19-20H2,1-2H3. The van der Waals surface area contributed by atoms with Gasteiger partial charge in [0.2, 0.25) is 0 Å². The molecule has 0 radical (unpaired) electrons. The first-order valence-electron chi connectivity index (χ1n) is 14.4. The summed E-state index contributed by atoms with van der Waals surface area (Å²) in [5.41, 5.74) is 10.9. The molecule has 0 aliphatic heterocycles. The third kappa shape index (κ3) is 5.57. The van der Waals surface area contributed by atoms with E-state index in [9.17, 15) is 0 Å². The van der Waals surface area contributed by atoms with Crippen LogP contribution in [0, 0.1) is 13.8 Å². The number of aliphatic hydroxyl groups excluding tert-OH is 2. The maximum atomic E-state index is 9.05. The second kappa shape index (κ2) is 12.3. The Balaban J connectivity index is 1.32. The molecule has 8 nitrogen and oxygen atoms in total. The summed E-state index contributed by atoms with van der Waals surface area (Å²) in [6, 6.07) is 25.4. The van der Waals surface area contributed by atoms with Gasteiger partial charge in [-0.05, 0) is 71.5 Å². The second-order valence-corrected chi connectivity index (χ2v) is 10.6. The van der Waals surface area contributed by atoms with Crippen LogP contribution in [0.4, 0.5) is 0 Å². The highest BCUT2D eigenvalue weighted by Crippen LogP contribution is 2.33. The van der Waals surface area contributed by atoms with Gasteiger partial charge in [0.05, 0.1) is 35.6 Å². The number of aromatic nitrogens is 4. The van der Waals surface area contributed by atoms with Crippen LogP contribution >= 0.6 is 0 Å². The summed E-state index contributed by atoms with van der Waals surface area (Å²) in [5, 5.41) is 36.6. The van der Waals surface area contributed by atoms with E-state index in [1.807, 2.05) is 9.36 Å². The van der Waals surface area contributed by atoms with Gasteiger partial charge in [0.25, 0.3) is 0 Å². The van der Waals surface area contributed by atoms with Crippen LogP contribution in [0.25, 0.3) is 44.3 Å². The predicted octanol–water partition coefficient (Wildman–Crippen LogP) is 4.81. The molecule has 4 N–H and O–H groups in total. The molecule has 0 atom stereocenters. The molecule has 0 aliphatic rings. The quantitative estimate of drug-likeness (QED) is 0.170. The average Bonchev–Trinajstić information content (AvgIpc) is 3.61. The van der Waals surface area contributed by atoms with Crippen LogP contribution in [0.15, 0.2) is 85.2 Å². The van der Waals surface area contributed by atoms with Gasteiger partial charge in [-0.2, -0.15) is 10.2 Å². The number of aliphatic hydroxyl groups is 2. The lowest BCUT2D eigenvalue weighted by Crippen LogP contribution is -2.17. The molecule has 0 aliphatic carbocycles. The van der Waals surface area contributed by atoms with Crippen molar-refractivity contribution in [2.75, 3.05) is 26.3 Å². The largest absolute Gasteiger partial charge is 0.395 e. The number of nitrogens with zero attached hydrogens (tertiary/aromatic N) is 4. The zero-order valence-corrected chi connectivity index (χ0v) is 24.0. The van der Waals surface area contributed by atoms with E-state index in [0.717, 1.165) is 66.6 Å². The van der Waals surface area contributed by atoms with E-state index in [2.05, 4.69) is 110 Å². The van der Waals surface area contributed by atoms with Crippen molar-refractivity contribution in [3.05, 3.63) is 107 Å². The van der Waals surface area contributed by atoms with Gasteiger partial charge in [-0.1, -0.05) is 48.5 Å². The van der Waals surface area contributed by atoms with Crippen LogP contribution in [0.3, 0.4) is 0 Å². The van der Waals surface area contributed by atoms with Crippen molar-refractivity contribution in [1.82, 2.24) is 30.2 Å². The molecule has 4 aromatic carbocycles. The number of benzene rings is 4. The Hall–Kier alpha value is -4.34. The Bertz CT molecular complexity index is 1720. The van der Waals surface area contributed by atoms with E-state index in [4.69, 9.17) is 20.4 Å². The maximum Gasteiger partial charge on any atom is 0.0930 e. The van der Waals surface area contributed by atoms with Gasteiger partial charge in [-0.15, -0.1) is 0 Å². The molecule has 2 aromatic heterocycles. The van der Waals surface area contributed by atoms with Crippen LogP contribution in [-0.4, -0.2) is 56.1 Å². The Labute approximate surface area is 245 Å². The Morgan fingerprint density at radius 2 is 1.07 bits per heavy atom. The number of hydrogen-bond donors (Lipinski definition) is 4.